The van der Waals surface area contributed by atoms with Gasteiger partial charge in [0.15, 0.2) is 6.20 Å². The molecule has 0 unspecified atom stereocenters. The van der Waals surface area contributed by atoms with Crippen LogP contribution in [0.3, 0.4) is 0 Å². The Morgan fingerprint density at radius 1 is 1.15 bits per heavy atom. The normalized spacial score (nSPS) is 10.0. The van der Waals surface area contributed by atoms with E-state index in [0.717, 1.165) is 5.03 Å². The lowest BCUT2D eigenvalue weighted by atomic mass is 10.2. The summed E-state index contributed by atoms with van der Waals surface area (Å²) in [6.07, 6.45) is 1.81. The van der Waals surface area contributed by atoms with E-state index in [-0.39, 0.29) is 5.91 Å². The number of pyridine rings is 1. The third kappa shape index (κ3) is 4.10. The molecular formula is C14H14N3O2S+. The summed E-state index contributed by atoms with van der Waals surface area (Å²) in [4.78, 5) is 25.7. The summed E-state index contributed by atoms with van der Waals surface area (Å²) in [7, 11) is 0. The second kappa shape index (κ2) is 6.72. The lowest BCUT2D eigenvalue weighted by molar-refractivity contribution is -0.426. The molecule has 2 aromatic rings. The fourth-order valence-electron chi connectivity index (χ4n) is 1.52. The number of aromatic amines is 1. The smallest absolute Gasteiger partial charge is 0.248 e. The van der Waals surface area contributed by atoms with Crippen molar-refractivity contribution in [1.29, 1.82) is 0 Å². The van der Waals surface area contributed by atoms with E-state index < -0.39 is 5.91 Å². The molecule has 5 nitrogen and oxygen atoms in total. The van der Waals surface area contributed by atoms with Crippen LogP contribution in [-0.4, -0.2) is 17.6 Å². The third-order valence-electron chi connectivity index (χ3n) is 2.49. The Morgan fingerprint density at radius 3 is 2.50 bits per heavy atom. The number of nitrogens with two attached hydrogens (primary N) is 1. The molecule has 0 radical (unpaired) electrons. The lowest BCUT2D eigenvalue weighted by Crippen LogP contribution is -2.16. The van der Waals surface area contributed by atoms with Gasteiger partial charge in [-0.25, -0.2) is 4.98 Å². The van der Waals surface area contributed by atoms with Crippen LogP contribution in [0.15, 0.2) is 53.7 Å². The predicted octanol–water partition coefficient (Wildman–Crippen LogP) is 1.33. The number of nitrogens with one attached hydrogen (secondary N) is 2. The maximum atomic E-state index is 11.8. The third-order valence-corrected chi connectivity index (χ3v) is 3.46. The minimum atomic E-state index is -0.488. The maximum Gasteiger partial charge on any atom is 0.248 e. The fourth-order valence-corrected chi connectivity index (χ4v) is 2.21. The zero-order chi connectivity index (χ0) is 14.4. The topological polar surface area (TPSA) is 86.3 Å². The fraction of sp³-hybridized carbons (Fsp3) is 0.0714. The van der Waals surface area contributed by atoms with Crippen LogP contribution in [0.25, 0.3) is 0 Å². The van der Waals surface area contributed by atoms with Gasteiger partial charge >= 0.3 is 0 Å². The van der Waals surface area contributed by atoms with Crippen molar-refractivity contribution in [2.75, 3.05) is 11.1 Å². The first kappa shape index (κ1) is 14.1. The van der Waals surface area contributed by atoms with Crippen molar-refractivity contribution in [2.24, 2.45) is 5.73 Å². The van der Waals surface area contributed by atoms with Gasteiger partial charge in [-0.2, -0.15) is 0 Å². The van der Waals surface area contributed by atoms with Crippen molar-refractivity contribution < 1.29 is 14.6 Å². The number of thioether (sulfide) groups is 1. The molecule has 20 heavy (non-hydrogen) atoms. The zero-order valence-corrected chi connectivity index (χ0v) is 11.4. The molecule has 4 N–H and O–H groups in total. The second-order valence-corrected chi connectivity index (χ2v) is 5.02. The highest BCUT2D eigenvalue weighted by Gasteiger charge is 2.07. The summed E-state index contributed by atoms with van der Waals surface area (Å²) in [6, 6.07) is 12.1. The average molecular weight is 288 g/mol. The maximum absolute atomic E-state index is 11.8. The van der Waals surface area contributed by atoms with Crippen LogP contribution < -0.4 is 16.0 Å². The van der Waals surface area contributed by atoms with Gasteiger partial charge in [0.05, 0.1) is 5.75 Å². The summed E-state index contributed by atoms with van der Waals surface area (Å²) in [5.74, 6) is -0.296. The number of anilines is 1. The molecule has 1 aromatic carbocycles. The van der Waals surface area contributed by atoms with Gasteiger partial charge in [0, 0.05) is 23.4 Å². The highest BCUT2D eigenvalue weighted by atomic mass is 32.2. The van der Waals surface area contributed by atoms with Crippen LogP contribution in [-0.2, 0) is 4.79 Å². The number of benzene rings is 1. The Kier molecular flexibility index (Phi) is 4.73. The van der Waals surface area contributed by atoms with Crippen LogP contribution in [0, 0.1) is 0 Å². The van der Waals surface area contributed by atoms with Crippen molar-refractivity contribution in [3.05, 3.63) is 54.2 Å². The minimum Gasteiger partial charge on any atom is -0.366 e. The molecule has 6 heteroatoms. The van der Waals surface area contributed by atoms with Gasteiger partial charge in [-0.3, -0.25) is 9.59 Å². The van der Waals surface area contributed by atoms with Crippen LogP contribution in [0.5, 0.6) is 0 Å². The molecule has 0 spiro atoms. The van der Waals surface area contributed by atoms with E-state index >= 15 is 0 Å². The van der Waals surface area contributed by atoms with Crippen molar-refractivity contribution in [2.45, 2.75) is 5.03 Å². The zero-order valence-electron chi connectivity index (χ0n) is 10.6. The molecule has 0 atom stereocenters. The molecule has 0 fully saturated rings. The highest BCUT2D eigenvalue weighted by Crippen LogP contribution is 2.13. The molecule has 0 saturated heterocycles. The molecular weight excluding hydrogens is 274 g/mol. The molecule has 0 bridgehead atoms. The molecule has 2 rings (SSSR count). The number of carbonyl (C=O) groups excluding carboxylic acids is 2. The monoisotopic (exact) mass is 288 g/mol. The molecule has 2 amide bonds. The molecule has 0 aliphatic carbocycles. The Morgan fingerprint density at radius 2 is 1.90 bits per heavy atom. The summed E-state index contributed by atoms with van der Waals surface area (Å²) >= 11 is 1.41. The lowest BCUT2D eigenvalue weighted by Gasteiger charge is -2.04. The number of rotatable bonds is 5. The van der Waals surface area contributed by atoms with Crippen molar-refractivity contribution in [3.63, 3.8) is 0 Å². The van der Waals surface area contributed by atoms with E-state index in [1.165, 1.54) is 11.8 Å². The van der Waals surface area contributed by atoms with Crippen molar-refractivity contribution in [3.8, 4) is 0 Å². The van der Waals surface area contributed by atoms with Gasteiger partial charge in [-0.1, -0.05) is 0 Å². The summed E-state index contributed by atoms with van der Waals surface area (Å²) in [5, 5.41) is 3.68. The predicted molar refractivity (Wildman–Crippen MR) is 77.3 cm³/mol. The first-order chi connectivity index (χ1) is 9.65. The van der Waals surface area contributed by atoms with E-state index in [0.29, 0.717) is 17.0 Å². The van der Waals surface area contributed by atoms with Gasteiger partial charge in [0.25, 0.3) is 0 Å². The van der Waals surface area contributed by atoms with Crippen LogP contribution in [0.2, 0.25) is 0 Å². The van der Waals surface area contributed by atoms with Gasteiger partial charge < -0.3 is 11.1 Å². The molecule has 0 saturated carbocycles. The SMILES string of the molecule is NC(=O)c1ccc(NC(=O)CSc2cccc[nH+]2)cc1. The quantitative estimate of drug-likeness (QED) is 0.814. The van der Waals surface area contributed by atoms with Gasteiger partial charge in [-0.15, -0.1) is 0 Å². The average Bonchev–Trinajstić information content (AvgIpc) is 2.47. The first-order valence-corrected chi connectivity index (χ1v) is 6.93. The highest BCUT2D eigenvalue weighted by molar-refractivity contribution is 7.99. The van der Waals surface area contributed by atoms with E-state index in [4.69, 9.17) is 5.73 Å². The van der Waals surface area contributed by atoms with E-state index in [9.17, 15) is 9.59 Å². The van der Waals surface area contributed by atoms with Crippen molar-refractivity contribution in [1.82, 2.24) is 0 Å². The molecule has 1 aromatic heterocycles. The largest absolute Gasteiger partial charge is 0.366 e. The van der Waals surface area contributed by atoms with Gasteiger partial charge in [0.2, 0.25) is 16.8 Å². The molecule has 0 aliphatic heterocycles. The van der Waals surface area contributed by atoms with E-state index in [1.807, 2.05) is 24.4 Å². The Labute approximate surface area is 120 Å². The number of primary amides is 1. The summed E-state index contributed by atoms with van der Waals surface area (Å²) < 4.78 is 0. The Hall–Kier alpha value is -2.34. The summed E-state index contributed by atoms with van der Waals surface area (Å²) in [6.45, 7) is 0. The second-order valence-electron chi connectivity index (χ2n) is 4.01. The van der Waals surface area contributed by atoms with Gasteiger partial charge in [0.1, 0.15) is 0 Å². The van der Waals surface area contributed by atoms with Crippen LogP contribution >= 0.6 is 11.8 Å². The number of aromatic nitrogens is 1. The molecule has 0 aliphatic rings. The number of H-pyrrole nitrogens is 1. The van der Waals surface area contributed by atoms with Crippen molar-refractivity contribution >= 4 is 29.3 Å². The van der Waals surface area contributed by atoms with Crippen LogP contribution in [0.4, 0.5) is 5.69 Å². The van der Waals surface area contributed by atoms with E-state index in [2.05, 4.69) is 10.3 Å². The van der Waals surface area contributed by atoms with Crippen LogP contribution in [0.1, 0.15) is 10.4 Å². The Balaban J connectivity index is 1.86. The number of hydrogen-bond donors (Lipinski definition) is 2. The van der Waals surface area contributed by atoms with E-state index in [1.54, 1.807) is 24.3 Å². The first-order valence-electron chi connectivity index (χ1n) is 5.94. The Bertz CT molecular complexity index is 600. The minimum absolute atomic E-state index is 0.112. The number of carbonyl (C=O) groups is 2. The number of amides is 2. The van der Waals surface area contributed by atoms with Gasteiger partial charge in [-0.05, 0) is 42.1 Å². The summed E-state index contributed by atoms with van der Waals surface area (Å²) in [5.41, 5.74) is 6.19. The molecule has 102 valence electrons. The molecule has 1 heterocycles. The standard InChI is InChI=1S/C14H13N3O2S/c15-14(19)10-4-6-11(7-5-10)17-12(18)9-20-13-3-1-2-8-16-13/h1-8H,9H2,(H2,15,19)(H,17,18)/p+1. The number of hydrogen-bond acceptors (Lipinski definition) is 3.